The van der Waals surface area contributed by atoms with Crippen molar-refractivity contribution in [1.82, 2.24) is 9.97 Å². The molecule has 1 N–H and O–H groups in total. The first-order valence-corrected chi connectivity index (χ1v) is 7.45. The van der Waals surface area contributed by atoms with Crippen LogP contribution in [0.4, 0.5) is 30.6 Å². The maximum atomic E-state index is 12.3. The van der Waals surface area contributed by atoms with E-state index in [-0.39, 0.29) is 5.56 Å². The number of rotatable bonds is 5. The van der Waals surface area contributed by atoms with Crippen molar-refractivity contribution in [1.29, 1.82) is 0 Å². The van der Waals surface area contributed by atoms with E-state index in [4.69, 9.17) is 0 Å². The summed E-state index contributed by atoms with van der Waals surface area (Å²) in [7, 11) is 7.11. The Labute approximate surface area is 148 Å². The van der Waals surface area contributed by atoms with Crippen molar-refractivity contribution in [2.24, 2.45) is 0 Å². The van der Waals surface area contributed by atoms with E-state index in [1.54, 1.807) is 38.0 Å². The molecule has 10 heteroatoms. The van der Waals surface area contributed by atoms with Crippen molar-refractivity contribution >= 4 is 23.4 Å². The Morgan fingerprint density at radius 2 is 1.69 bits per heavy atom. The highest BCUT2D eigenvalue weighted by Crippen LogP contribution is 2.25. The van der Waals surface area contributed by atoms with Crippen LogP contribution in [-0.2, 0) is 0 Å². The van der Waals surface area contributed by atoms with E-state index in [2.05, 4.69) is 20.0 Å². The predicted molar refractivity (Wildman–Crippen MR) is 91.8 cm³/mol. The summed E-state index contributed by atoms with van der Waals surface area (Å²) in [5.74, 6) is 0.0592. The van der Waals surface area contributed by atoms with Gasteiger partial charge in [0.1, 0.15) is 11.4 Å². The van der Waals surface area contributed by atoms with E-state index in [9.17, 15) is 18.0 Å². The number of aromatic nitrogens is 2. The van der Waals surface area contributed by atoms with Gasteiger partial charge in [-0.2, -0.15) is 4.98 Å². The fourth-order valence-corrected chi connectivity index (χ4v) is 2.01. The van der Waals surface area contributed by atoms with Crippen LogP contribution in [0.15, 0.2) is 30.5 Å². The molecule has 0 fully saturated rings. The lowest BCUT2D eigenvalue weighted by Crippen LogP contribution is -2.21. The first-order valence-electron chi connectivity index (χ1n) is 7.45. The van der Waals surface area contributed by atoms with Crippen molar-refractivity contribution < 1.29 is 22.7 Å². The zero-order valence-electron chi connectivity index (χ0n) is 14.6. The van der Waals surface area contributed by atoms with Crippen molar-refractivity contribution in [2.75, 3.05) is 43.3 Å². The van der Waals surface area contributed by atoms with Crippen molar-refractivity contribution in [3.63, 3.8) is 0 Å². The van der Waals surface area contributed by atoms with Crippen molar-refractivity contribution in [3.8, 4) is 5.75 Å². The third kappa shape index (κ3) is 4.98. The SMILES string of the molecule is CN(C)c1ncc(NC(=O)c2ccc(OC(F)(F)F)cc2)c(N(C)C)n1. The van der Waals surface area contributed by atoms with Crippen LogP contribution >= 0.6 is 0 Å². The molecule has 7 nitrogen and oxygen atoms in total. The molecule has 2 aromatic rings. The van der Waals surface area contributed by atoms with Gasteiger partial charge in [0.15, 0.2) is 5.82 Å². The van der Waals surface area contributed by atoms with Gasteiger partial charge in [-0.1, -0.05) is 0 Å². The number of ether oxygens (including phenoxy) is 1. The number of alkyl halides is 3. The highest BCUT2D eigenvalue weighted by Gasteiger charge is 2.31. The average Bonchev–Trinajstić information content (AvgIpc) is 2.53. The first kappa shape index (κ1) is 19.3. The molecule has 1 amide bonds. The number of halogens is 3. The number of benzene rings is 1. The quantitative estimate of drug-likeness (QED) is 0.874. The Kier molecular flexibility index (Phi) is 5.53. The zero-order valence-corrected chi connectivity index (χ0v) is 14.6. The van der Waals surface area contributed by atoms with E-state index in [0.29, 0.717) is 17.5 Å². The number of hydrogen-bond donors (Lipinski definition) is 1. The molecule has 0 aliphatic heterocycles. The Bertz CT molecular complexity index is 776. The highest BCUT2D eigenvalue weighted by molar-refractivity contribution is 6.05. The lowest BCUT2D eigenvalue weighted by molar-refractivity contribution is -0.274. The van der Waals surface area contributed by atoms with Crippen LogP contribution in [0.2, 0.25) is 0 Å². The minimum absolute atomic E-state index is 0.168. The number of carbonyl (C=O) groups is 1. The molecule has 1 aromatic heterocycles. The lowest BCUT2D eigenvalue weighted by atomic mass is 10.2. The van der Waals surface area contributed by atoms with E-state index in [1.807, 2.05) is 0 Å². The van der Waals surface area contributed by atoms with E-state index >= 15 is 0 Å². The Morgan fingerprint density at radius 1 is 1.08 bits per heavy atom. The van der Waals surface area contributed by atoms with Gasteiger partial charge in [-0.05, 0) is 24.3 Å². The Hall–Kier alpha value is -3.04. The third-order valence-corrected chi connectivity index (χ3v) is 3.18. The number of nitrogens with zero attached hydrogens (tertiary/aromatic N) is 4. The normalized spacial score (nSPS) is 11.0. The number of nitrogens with one attached hydrogen (secondary N) is 1. The van der Waals surface area contributed by atoms with Gasteiger partial charge in [0.2, 0.25) is 5.95 Å². The second kappa shape index (κ2) is 7.46. The van der Waals surface area contributed by atoms with Gasteiger partial charge in [0.25, 0.3) is 5.91 Å². The molecule has 0 unspecified atom stereocenters. The zero-order chi connectivity index (χ0) is 19.5. The molecule has 2 rings (SSSR count). The molecule has 0 aliphatic rings. The maximum absolute atomic E-state index is 12.3. The molecule has 140 valence electrons. The van der Waals surface area contributed by atoms with Gasteiger partial charge in [0.05, 0.1) is 6.20 Å². The molecule has 26 heavy (non-hydrogen) atoms. The van der Waals surface area contributed by atoms with Crippen LogP contribution in [0.1, 0.15) is 10.4 Å². The third-order valence-electron chi connectivity index (χ3n) is 3.18. The summed E-state index contributed by atoms with van der Waals surface area (Å²) in [4.78, 5) is 24.3. The fraction of sp³-hybridized carbons (Fsp3) is 0.312. The van der Waals surface area contributed by atoms with Crippen LogP contribution in [0, 0.1) is 0 Å². The lowest BCUT2D eigenvalue weighted by Gasteiger charge is -2.19. The molecular weight excluding hydrogens is 351 g/mol. The summed E-state index contributed by atoms with van der Waals surface area (Å²) in [6.45, 7) is 0. The number of amides is 1. The van der Waals surface area contributed by atoms with Gasteiger partial charge >= 0.3 is 6.36 Å². The van der Waals surface area contributed by atoms with E-state index in [0.717, 1.165) is 12.1 Å². The molecule has 0 aliphatic carbocycles. The molecule has 0 radical (unpaired) electrons. The number of carbonyl (C=O) groups excluding carboxylic acids is 1. The van der Waals surface area contributed by atoms with Gasteiger partial charge in [0, 0.05) is 33.8 Å². The largest absolute Gasteiger partial charge is 0.573 e. The van der Waals surface area contributed by atoms with E-state index < -0.39 is 18.0 Å². The average molecular weight is 369 g/mol. The maximum Gasteiger partial charge on any atom is 0.573 e. The number of anilines is 3. The fourth-order valence-electron chi connectivity index (χ4n) is 2.01. The predicted octanol–water partition coefficient (Wildman–Crippen LogP) is 2.76. The van der Waals surface area contributed by atoms with Crippen molar-refractivity contribution in [3.05, 3.63) is 36.0 Å². The molecule has 0 bridgehead atoms. The van der Waals surface area contributed by atoms with Crippen LogP contribution in [0.25, 0.3) is 0 Å². The van der Waals surface area contributed by atoms with Crippen molar-refractivity contribution in [2.45, 2.75) is 6.36 Å². The summed E-state index contributed by atoms with van der Waals surface area (Å²) in [5, 5.41) is 2.65. The van der Waals surface area contributed by atoms with Gasteiger partial charge in [-0.25, -0.2) is 4.98 Å². The van der Waals surface area contributed by atoms with Crippen LogP contribution in [0.5, 0.6) is 5.75 Å². The molecule has 0 saturated carbocycles. The second-order valence-electron chi connectivity index (χ2n) is 5.72. The molecule has 0 saturated heterocycles. The van der Waals surface area contributed by atoms with Gasteiger partial charge in [-0.3, -0.25) is 4.79 Å². The topological polar surface area (TPSA) is 70.6 Å². The van der Waals surface area contributed by atoms with Gasteiger partial charge in [-0.15, -0.1) is 13.2 Å². The molecule has 1 heterocycles. The minimum Gasteiger partial charge on any atom is -0.406 e. The monoisotopic (exact) mass is 369 g/mol. The summed E-state index contributed by atoms with van der Waals surface area (Å²) in [6.07, 6.45) is -3.31. The minimum atomic E-state index is -4.78. The smallest absolute Gasteiger partial charge is 0.406 e. The van der Waals surface area contributed by atoms with Gasteiger partial charge < -0.3 is 19.9 Å². The van der Waals surface area contributed by atoms with Crippen LogP contribution in [-0.4, -0.2) is 50.4 Å². The standard InChI is InChI=1S/C16H18F3N5O2/c1-23(2)13-12(9-20-15(22-13)24(3)4)21-14(25)10-5-7-11(8-6-10)26-16(17,18)19/h5-9H,1-4H3,(H,21,25). The highest BCUT2D eigenvalue weighted by atomic mass is 19.4. The Balaban J connectivity index is 2.19. The Morgan fingerprint density at radius 3 is 2.19 bits per heavy atom. The first-order chi connectivity index (χ1) is 12.1. The van der Waals surface area contributed by atoms with Crippen LogP contribution < -0.4 is 19.9 Å². The molecule has 0 spiro atoms. The summed E-state index contributed by atoms with van der Waals surface area (Å²) in [6, 6.07) is 4.61. The second-order valence-corrected chi connectivity index (χ2v) is 5.72. The van der Waals surface area contributed by atoms with E-state index in [1.165, 1.54) is 18.3 Å². The number of hydrogen-bond acceptors (Lipinski definition) is 6. The van der Waals surface area contributed by atoms with Crippen LogP contribution in [0.3, 0.4) is 0 Å². The molecular formula is C16H18F3N5O2. The molecule has 1 aromatic carbocycles. The summed E-state index contributed by atoms with van der Waals surface area (Å²) < 4.78 is 40.3. The molecule has 0 atom stereocenters. The summed E-state index contributed by atoms with van der Waals surface area (Å²) in [5.41, 5.74) is 0.544. The summed E-state index contributed by atoms with van der Waals surface area (Å²) >= 11 is 0.